The first-order valence-electron chi connectivity index (χ1n) is 7.36. The molecule has 3 nitrogen and oxygen atoms in total. The Kier molecular flexibility index (Phi) is 6.35. The summed E-state index contributed by atoms with van der Waals surface area (Å²) >= 11 is 0. The van der Waals surface area contributed by atoms with E-state index in [-0.39, 0.29) is 28.8 Å². The van der Waals surface area contributed by atoms with Gasteiger partial charge in [-0.05, 0) is 37.6 Å². The fourth-order valence-electron chi connectivity index (χ4n) is 2.60. The van der Waals surface area contributed by atoms with Gasteiger partial charge in [-0.1, -0.05) is 32.9 Å². The number of hydrogen-bond acceptors (Lipinski definition) is 3. The van der Waals surface area contributed by atoms with Crippen molar-refractivity contribution in [2.45, 2.75) is 45.1 Å². The lowest BCUT2D eigenvalue weighted by atomic mass is 9.76. The van der Waals surface area contributed by atoms with Crippen LogP contribution in [0.1, 0.15) is 39.2 Å². The molecular weight excluding hydrogens is 289 g/mol. The van der Waals surface area contributed by atoms with E-state index in [0.717, 1.165) is 12.0 Å². The van der Waals surface area contributed by atoms with Crippen LogP contribution in [0.25, 0.3) is 0 Å². The van der Waals surface area contributed by atoms with Crippen molar-refractivity contribution in [1.29, 1.82) is 0 Å². The molecule has 1 aromatic carbocycles. The Morgan fingerprint density at radius 3 is 2.29 bits per heavy atom. The fraction of sp³-hybridized carbons (Fsp3) is 0.625. The minimum Gasteiger partial charge on any atom is -0.316 e. The second kappa shape index (κ2) is 7.36. The van der Waals surface area contributed by atoms with Gasteiger partial charge in [-0.15, -0.1) is 0 Å². The predicted molar refractivity (Wildman–Crippen MR) is 85.8 cm³/mol. The van der Waals surface area contributed by atoms with Crippen LogP contribution >= 0.6 is 0 Å². The largest absolute Gasteiger partial charge is 0.316 e. The van der Waals surface area contributed by atoms with Gasteiger partial charge in [0.2, 0.25) is 0 Å². The summed E-state index contributed by atoms with van der Waals surface area (Å²) in [6.07, 6.45) is 1.40. The topological polar surface area (TPSA) is 46.2 Å². The highest BCUT2D eigenvalue weighted by Gasteiger charge is 2.30. The minimum atomic E-state index is -2.92. The van der Waals surface area contributed by atoms with Gasteiger partial charge in [-0.3, -0.25) is 0 Å². The number of likely N-dealkylation sites (N-methyl/N-ethyl adjacent to an activating group) is 1. The third kappa shape index (κ3) is 5.08. The van der Waals surface area contributed by atoms with Crippen molar-refractivity contribution in [3.8, 4) is 0 Å². The molecule has 1 atom stereocenters. The third-order valence-corrected chi connectivity index (χ3v) is 5.99. The van der Waals surface area contributed by atoms with Crippen LogP contribution in [-0.2, 0) is 15.3 Å². The first kappa shape index (κ1) is 18.1. The lowest BCUT2D eigenvalue weighted by Crippen LogP contribution is -2.43. The van der Waals surface area contributed by atoms with Gasteiger partial charge in [0.1, 0.15) is 15.7 Å². The molecule has 0 aliphatic carbocycles. The van der Waals surface area contributed by atoms with Crippen molar-refractivity contribution < 1.29 is 12.8 Å². The third-order valence-electron chi connectivity index (χ3n) is 4.20. The van der Waals surface area contributed by atoms with Gasteiger partial charge in [-0.25, -0.2) is 12.8 Å². The van der Waals surface area contributed by atoms with Crippen LogP contribution < -0.4 is 5.32 Å². The van der Waals surface area contributed by atoms with Crippen molar-refractivity contribution in [2.24, 2.45) is 0 Å². The molecule has 120 valence electrons. The number of sulfone groups is 1. The molecule has 0 amide bonds. The highest BCUT2D eigenvalue weighted by molar-refractivity contribution is 7.91. The molecular formula is C16H26FNO2S. The molecule has 0 aliphatic heterocycles. The van der Waals surface area contributed by atoms with Gasteiger partial charge in [0, 0.05) is 17.2 Å². The van der Waals surface area contributed by atoms with E-state index in [2.05, 4.69) is 19.2 Å². The lowest BCUT2D eigenvalue weighted by Gasteiger charge is -2.35. The summed E-state index contributed by atoms with van der Waals surface area (Å²) in [7, 11) is -1.04. The number of hydrogen-bond donors (Lipinski definition) is 1. The van der Waals surface area contributed by atoms with Crippen LogP contribution in [0.5, 0.6) is 0 Å². The average Bonchev–Trinajstić information content (AvgIpc) is 2.44. The molecule has 0 spiro atoms. The number of rotatable bonds is 8. The van der Waals surface area contributed by atoms with Gasteiger partial charge >= 0.3 is 0 Å². The first-order chi connectivity index (χ1) is 9.73. The van der Waals surface area contributed by atoms with E-state index in [1.165, 1.54) is 12.1 Å². The molecule has 0 aromatic heterocycles. The predicted octanol–water partition coefficient (Wildman–Crippen LogP) is 2.91. The molecule has 0 saturated carbocycles. The van der Waals surface area contributed by atoms with E-state index < -0.39 is 9.84 Å². The fourth-order valence-corrected chi connectivity index (χ4v) is 3.49. The van der Waals surface area contributed by atoms with Crippen LogP contribution in [0.4, 0.5) is 4.39 Å². The SMILES string of the molecule is CCS(=O)(=O)CCCC(NC)C(C)(C)c1ccc(F)cc1. The van der Waals surface area contributed by atoms with E-state index in [9.17, 15) is 12.8 Å². The van der Waals surface area contributed by atoms with Crippen molar-refractivity contribution in [2.75, 3.05) is 18.6 Å². The maximum absolute atomic E-state index is 13.0. The Morgan fingerprint density at radius 2 is 1.81 bits per heavy atom. The Balaban J connectivity index is 2.76. The van der Waals surface area contributed by atoms with Crippen LogP contribution in [-0.4, -0.2) is 33.0 Å². The quantitative estimate of drug-likeness (QED) is 0.802. The van der Waals surface area contributed by atoms with Crippen molar-refractivity contribution in [3.05, 3.63) is 35.6 Å². The molecule has 0 radical (unpaired) electrons. The van der Waals surface area contributed by atoms with Gasteiger partial charge in [0.05, 0.1) is 5.75 Å². The number of benzene rings is 1. The molecule has 0 aliphatic rings. The molecule has 1 aromatic rings. The van der Waals surface area contributed by atoms with Gasteiger partial charge in [0.15, 0.2) is 0 Å². The zero-order chi connectivity index (χ0) is 16.1. The van der Waals surface area contributed by atoms with Gasteiger partial charge in [0.25, 0.3) is 0 Å². The summed E-state index contributed by atoms with van der Waals surface area (Å²) in [5.74, 6) is 0.171. The Morgan fingerprint density at radius 1 is 1.24 bits per heavy atom. The second-order valence-electron chi connectivity index (χ2n) is 5.95. The molecule has 0 fully saturated rings. The Labute approximate surface area is 127 Å². The second-order valence-corrected chi connectivity index (χ2v) is 8.42. The van der Waals surface area contributed by atoms with Gasteiger partial charge in [-0.2, -0.15) is 0 Å². The zero-order valence-corrected chi connectivity index (χ0v) is 14.1. The van der Waals surface area contributed by atoms with Crippen molar-refractivity contribution >= 4 is 9.84 Å². The summed E-state index contributed by atoms with van der Waals surface area (Å²) in [5.41, 5.74) is 0.847. The van der Waals surface area contributed by atoms with E-state index in [1.807, 2.05) is 7.05 Å². The van der Waals surface area contributed by atoms with Crippen LogP contribution in [0.15, 0.2) is 24.3 Å². The van der Waals surface area contributed by atoms with Crippen molar-refractivity contribution in [3.63, 3.8) is 0 Å². The lowest BCUT2D eigenvalue weighted by molar-refractivity contribution is 0.338. The summed E-state index contributed by atoms with van der Waals surface area (Å²) < 4.78 is 36.2. The summed E-state index contributed by atoms with van der Waals surface area (Å²) in [5, 5.41) is 3.27. The standard InChI is InChI=1S/C16H26FNO2S/c1-5-21(19,20)12-6-7-15(18-4)16(2,3)13-8-10-14(17)11-9-13/h8-11,15,18H,5-7,12H2,1-4H3. The van der Waals surface area contributed by atoms with E-state index >= 15 is 0 Å². The van der Waals surface area contributed by atoms with E-state index in [4.69, 9.17) is 0 Å². The summed E-state index contributed by atoms with van der Waals surface area (Å²) in [4.78, 5) is 0. The van der Waals surface area contributed by atoms with Crippen LogP contribution in [0, 0.1) is 5.82 Å². The summed E-state index contributed by atoms with van der Waals surface area (Å²) in [6.45, 7) is 5.86. The molecule has 21 heavy (non-hydrogen) atoms. The Hall–Kier alpha value is -0.940. The number of nitrogens with one attached hydrogen (secondary N) is 1. The van der Waals surface area contributed by atoms with Crippen molar-refractivity contribution in [1.82, 2.24) is 5.32 Å². The summed E-state index contributed by atoms with van der Waals surface area (Å²) in [6, 6.07) is 6.65. The zero-order valence-electron chi connectivity index (χ0n) is 13.3. The molecule has 5 heteroatoms. The molecule has 1 N–H and O–H groups in total. The van der Waals surface area contributed by atoms with Gasteiger partial charge < -0.3 is 5.32 Å². The molecule has 1 unspecified atom stereocenters. The normalized spacial score (nSPS) is 14.1. The minimum absolute atomic E-state index is 0.134. The molecule has 0 heterocycles. The van der Waals surface area contributed by atoms with Crippen LogP contribution in [0.2, 0.25) is 0 Å². The first-order valence-corrected chi connectivity index (χ1v) is 9.19. The monoisotopic (exact) mass is 315 g/mol. The molecule has 0 saturated heterocycles. The highest BCUT2D eigenvalue weighted by atomic mass is 32.2. The van der Waals surface area contributed by atoms with E-state index in [0.29, 0.717) is 6.42 Å². The maximum Gasteiger partial charge on any atom is 0.150 e. The van der Waals surface area contributed by atoms with E-state index in [1.54, 1.807) is 19.1 Å². The average molecular weight is 315 g/mol. The molecule has 0 bridgehead atoms. The maximum atomic E-state index is 13.0. The Bertz CT molecular complexity index is 538. The number of halogens is 1. The smallest absolute Gasteiger partial charge is 0.150 e. The van der Waals surface area contributed by atoms with Crippen LogP contribution in [0.3, 0.4) is 0 Å². The highest BCUT2D eigenvalue weighted by Crippen LogP contribution is 2.29. The molecule has 1 rings (SSSR count).